The third-order valence-corrected chi connectivity index (χ3v) is 4.06. The number of hydrogen-bond acceptors (Lipinski definition) is 4. The molecule has 0 saturated heterocycles. The second kappa shape index (κ2) is 5.54. The number of rotatable bonds is 4. The monoisotopic (exact) mass is 307 g/mol. The van der Waals surface area contributed by atoms with Crippen LogP contribution in [0.4, 0.5) is 11.4 Å². The lowest BCUT2D eigenvalue weighted by molar-refractivity contribution is -0.384. The Labute approximate surface area is 132 Å². The highest BCUT2D eigenvalue weighted by Gasteiger charge is 2.51. The van der Waals surface area contributed by atoms with E-state index < -0.39 is 10.3 Å². The van der Waals surface area contributed by atoms with Gasteiger partial charge in [0.25, 0.3) is 5.69 Å². The van der Waals surface area contributed by atoms with Gasteiger partial charge < -0.3 is 5.32 Å². The highest BCUT2D eigenvalue weighted by Crippen LogP contribution is 2.49. The van der Waals surface area contributed by atoms with Crippen molar-refractivity contribution in [3.8, 4) is 6.07 Å². The van der Waals surface area contributed by atoms with Crippen molar-refractivity contribution in [2.24, 2.45) is 0 Å². The van der Waals surface area contributed by atoms with Crippen LogP contribution in [-0.2, 0) is 10.2 Å². The molecule has 0 aromatic heterocycles. The SMILES string of the molecule is N#Cc1cccc(NC(=O)C2(c3ccc([N+](=O)[O-])cc3)CC2)c1. The van der Waals surface area contributed by atoms with Crippen LogP contribution in [0, 0.1) is 21.4 Å². The fourth-order valence-corrected chi connectivity index (χ4v) is 2.59. The van der Waals surface area contributed by atoms with E-state index in [2.05, 4.69) is 5.32 Å². The maximum atomic E-state index is 12.6. The lowest BCUT2D eigenvalue weighted by atomic mass is 9.94. The van der Waals surface area contributed by atoms with Gasteiger partial charge in [-0.3, -0.25) is 14.9 Å². The van der Waals surface area contributed by atoms with Crippen molar-refractivity contribution in [3.05, 3.63) is 69.8 Å². The lowest BCUT2D eigenvalue weighted by Crippen LogP contribution is -2.27. The van der Waals surface area contributed by atoms with E-state index in [1.165, 1.54) is 12.1 Å². The molecule has 2 aromatic carbocycles. The molecule has 0 bridgehead atoms. The molecule has 1 saturated carbocycles. The number of nitrogens with one attached hydrogen (secondary N) is 1. The van der Waals surface area contributed by atoms with Crippen molar-refractivity contribution in [1.29, 1.82) is 5.26 Å². The zero-order chi connectivity index (χ0) is 16.4. The number of carbonyl (C=O) groups is 1. The summed E-state index contributed by atoms with van der Waals surface area (Å²) in [6.45, 7) is 0. The van der Waals surface area contributed by atoms with Gasteiger partial charge in [-0.25, -0.2) is 0 Å². The van der Waals surface area contributed by atoms with E-state index >= 15 is 0 Å². The maximum absolute atomic E-state index is 12.6. The van der Waals surface area contributed by atoms with Gasteiger partial charge in [0.2, 0.25) is 5.91 Å². The Bertz CT molecular complexity index is 818. The van der Waals surface area contributed by atoms with Gasteiger partial charge in [0, 0.05) is 17.8 Å². The second-order valence-electron chi connectivity index (χ2n) is 5.53. The van der Waals surface area contributed by atoms with Crippen LogP contribution >= 0.6 is 0 Å². The third-order valence-electron chi connectivity index (χ3n) is 4.06. The van der Waals surface area contributed by atoms with E-state index in [1.807, 2.05) is 6.07 Å². The number of carbonyl (C=O) groups excluding carboxylic acids is 1. The number of nitro benzene ring substituents is 1. The molecule has 6 heteroatoms. The van der Waals surface area contributed by atoms with Crippen molar-refractivity contribution >= 4 is 17.3 Å². The van der Waals surface area contributed by atoms with Crippen LogP contribution in [0.3, 0.4) is 0 Å². The quantitative estimate of drug-likeness (QED) is 0.693. The first-order valence-electron chi connectivity index (χ1n) is 7.12. The summed E-state index contributed by atoms with van der Waals surface area (Å²) >= 11 is 0. The Morgan fingerprint density at radius 1 is 1.22 bits per heavy atom. The Morgan fingerprint density at radius 3 is 2.48 bits per heavy atom. The Hall–Kier alpha value is -3.20. The fraction of sp³-hybridized carbons (Fsp3) is 0.176. The Morgan fingerprint density at radius 2 is 1.91 bits per heavy atom. The first kappa shape index (κ1) is 14.7. The van der Waals surface area contributed by atoms with Gasteiger partial charge in [0.05, 0.1) is 22.0 Å². The molecule has 1 fully saturated rings. The average Bonchev–Trinajstić information content (AvgIpc) is 3.37. The summed E-state index contributed by atoms with van der Waals surface area (Å²) in [4.78, 5) is 22.8. The fourth-order valence-electron chi connectivity index (χ4n) is 2.59. The lowest BCUT2D eigenvalue weighted by Gasteiger charge is -2.15. The van der Waals surface area contributed by atoms with E-state index in [9.17, 15) is 14.9 Å². The highest BCUT2D eigenvalue weighted by atomic mass is 16.6. The van der Waals surface area contributed by atoms with Crippen molar-refractivity contribution in [1.82, 2.24) is 0 Å². The minimum atomic E-state index is -0.627. The first-order chi connectivity index (χ1) is 11.0. The van der Waals surface area contributed by atoms with Crippen LogP contribution in [0.2, 0.25) is 0 Å². The highest BCUT2D eigenvalue weighted by molar-refractivity contribution is 6.01. The molecule has 1 amide bonds. The first-order valence-corrected chi connectivity index (χ1v) is 7.12. The zero-order valence-electron chi connectivity index (χ0n) is 12.2. The summed E-state index contributed by atoms with van der Waals surface area (Å²) in [5.74, 6) is -0.151. The molecule has 0 radical (unpaired) electrons. The molecule has 0 spiro atoms. The summed E-state index contributed by atoms with van der Waals surface area (Å²) in [7, 11) is 0. The van der Waals surface area contributed by atoms with E-state index in [0.29, 0.717) is 24.1 Å². The minimum Gasteiger partial charge on any atom is -0.325 e. The van der Waals surface area contributed by atoms with Crippen LogP contribution < -0.4 is 5.32 Å². The topological polar surface area (TPSA) is 96.0 Å². The molecule has 0 unspecified atom stereocenters. The molecule has 6 nitrogen and oxygen atoms in total. The average molecular weight is 307 g/mol. The van der Waals surface area contributed by atoms with E-state index in [0.717, 1.165) is 5.56 Å². The Balaban J connectivity index is 1.81. The molecule has 1 aliphatic carbocycles. The number of nitrogens with zero attached hydrogens (tertiary/aromatic N) is 2. The maximum Gasteiger partial charge on any atom is 0.269 e. The molecule has 114 valence electrons. The van der Waals surface area contributed by atoms with Gasteiger partial charge in [-0.2, -0.15) is 5.26 Å². The van der Waals surface area contributed by atoms with E-state index in [4.69, 9.17) is 5.26 Å². The smallest absolute Gasteiger partial charge is 0.269 e. The van der Waals surface area contributed by atoms with Crippen LogP contribution in [0.25, 0.3) is 0 Å². The van der Waals surface area contributed by atoms with Crippen molar-refractivity contribution < 1.29 is 9.72 Å². The standard InChI is InChI=1S/C17H13N3O3/c18-11-12-2-1-3-14(10-12)19-16(21)17(8-9-17)13-4-6-15(7-5-13)20(22)23/h1-7,10H,8-9H2,(H,19,21). The molecule has 2 aromatic rings. The largest absolute Gasteiger partial charge is 0.325 e. The second-order valence-corrected chi connectivity index (χ2v) is 5.53. The number of benzene rings is 2. The van der Waals surface area contributed by atoms with Crippen LogP contribution in [-0.4, -0.2) is 10.8 Å². The normalized spacial score (nSPS) is 14.6. The van der Waals surface area contributed by atoms with Gasteiger partial charge >= 0.3 is 0 Å². The van der Waals surface area contributed by atoms with Crippen LogP contribution in [0.5, 0.6) is 0 Å². The molecular weight excluding hydrogens is 294 g/mol. The number of nitro groups is 1. The number of nitriles is 1. The molecule has 3 rings (SSSR count). The number of hydrogen-bond donors (Lipinski definition) is 1. The molecule has 1 aliphatic rings. The third kappa shape index (κ3) is 2.77. The van der Waals surface area contributed by atoms with Crippen molar-refractivity contribution in [3.63, 3.8) is 0 Å². The van der Waals surface area contributed by atoms with Gasteiger partial charge in [0.1, 0.15) is 0 Å². The summed E-state index contributed by atoms with van der Waals surface area (Å²) < 4.78 is 0. The van der Waals surface area contributed by atoms with Crippen LogP contribution in [0.15, 0.2) is 48.5 Å². The van der Waals surface area contributed by atoms with E-state index in [1.54, 1.807) is 36.4 Å². The summed E-state index contributed by atoms with van der Waals surface area (Å²) in [6.07, 6.45) is 1.41. The molecule has 0 aliphatic heterocycles. The van der Waals surface area contributed by atoms with Gasteiger partial charge in [-0.15, -0.1) is 0 Å². The van der Waals surface area contributed by atoms with E-state index in [-0.39, 0.29) is 11.6 Å². The molecule has 0 heterocycles. The number of amides is 1. The van der Waals surface area contributed by atoms with Gasteiger partial charge in [-0.05, 0) is 36.6 Å². The predicted molar refractivity (Wildman–Crippen MR) is 83.8 cm³/mol. The molecule has 23 heavy (non-hydrogen) atoms. The van der Waals surface area contributed by atoms with Crippen LogP contribution in [0.1, 0.15) is 24.0 Å². The summed E-state index contributed by atoms with van der Waals surface area (Å²) in [5.41, 5.74) is 1.20. The van der Waals surface area contributed by atoms with Gasteiger partial charge in [0.15, 0.2) is 0 Å². The molecular formula is C17H13N3O3. The number of anilines is 1. The predicted octanol–water partition coefficient (Wildman–Crippen LogP) is 3.14. The Kier molecular flexibility index (Phi) is 3.54. The zero-order valence-corrected chi connectivity index (χ0v) is 12.2. The number of non-ortho nitro benzene ring substituents is 1. The summed E-state index contributed by atoms with van der Waals surface area (Å²) in [5, 5.41) is 22.4. The molecule has 0 atom stereocenters. The van der Waals surface area contributed by atoms with Gasteiger partial charge in [-0.1, -0.05) is 18.2 Å². The van der Waals surface area contributed by atoms with Crippen molar-refractivity contribution in [2.45, 2.75) is 18.3 Å². The van der Waals surface area contributed by atoms with Crippen molar-refractivity contribution in [2.75, 3.05) is 5.32 Å². The summed E-state index contributed by atoms with van der Waals surface area (Å²) in [6, 6.07) is 14.8. The minimum absolute atomic E-state index is 0.00618. The molecule has 1 N–H and O–H groups in total.